The Hall–Kier alpha value is -1.84. The lowest BCUT2D eigenvalue weighted by Crippen LogP contribution is -2.34. The maximum atomic E-state index is 4.77. The first-order valence-electron chi connectivity index (χ1n) is 8.03. The zero-order chi connectivity index (χ0) is 14.7. The first-order chi connectivity index (χ1) is 10.3. The van der Waals surface area contributed by atoms with Crippen LogP contribution in [0.3, 0.4) is 0 Å². The summed E-state index contributed by atoms with van der Waals surface area (Å²) >= 11 is 0. The summed E-state index contributed by atoms with van der Waals surface area (Å²) in [6.07, 6.45) is 6.57. The summed E-state index contributed by atoms with van der Waals surface area (Å²) in [7, 11) is 2.18. The van der Waals surface area contributed by atoms with E-state index in [1.54, 1.807) is 0 Å². The highest BCUT2D eigenvalue weighted by molar-refractivity contribution is 5.90. The van der Waals surface area contributed by atoms with Crippen LogP contribution in [-0.4, -0.2) is 29.6 Å². The van der Waals surface area contributed by atoms with Gasteiger partial charge in [-0.3, -0.25) is 0 Å². The molecular formula is C17H24N4. The average molecular weight is 284 g/mol. The number of fused-ring (bicyclic) bond motifs is 1. The first-order valence-corrected chi connectivity index (χ1v) is 8.03. The summed E-state index contributed by atoms with van der Waals surface area (Å²) in [4.78, 5) is 11.7. The number of hydrogen-bond donors (Lipinski definition) is 1. The largest absolute Gasteiger partial charge is 0.356 e. The van der Waals surface area contributed by atoms with Gasteiger partial charge in [0.25, 0.3) is 0 Å². The highest BCUT2D eigenvalue weighted by atomic mass is 15.2. The summed E-state index contributed by atoms with van der Waals surface area (Å²) in [6, 6.07) is 8.90. The number of benzene rings is 1. The van der Waals surface area contributed by atoms with Crippen LogP contribution in [0.25, 0.3) is 10.9 Å². The van der Waals surface area contributed by atoms with Crippen molar-refractivity contribution in [2.24, 2.45) is 0 Å². The number of hydrogen-bond acceptors (Lipinski definition) is 4. The lowest BCUT2D eigenvalue weighted by Gasteiger charge is -2.32. The van der Waals surface area contributed by atoms with Crippen molar-refractivity contribution in [2.45, 2.75) is 45.1 Å². The second-order valence-electron chi connectivity index (χ2n) is 5.82. The molecule has 4 heteroatoms. The molecule has 0 unspecified atom stereocenters. The van der Waals surface area contributed by atoms with Crippen LogP contribution in [0.1, 0.15) is 39.0 Å². The van der Waals surface area contributed by atoms with Gasteiger partial charge in [0.1, 0.15) is 5.82 Å². The van der Waals surface area contributed by atoms with Crippen LogP contribution in [0.2, 0.25) is 0 Å². The maximum absolute atomic E-state index is 4.77. The Morgan fingerprint density at radius 3 is 2.67 bits per heavy atom. The van der Waals surface area contributed by atoms with Crippen molar-refractivity contribution in [1.29, 1.82) is 0 Å². The third-order valence-corrected chi connectivity index (χ3v) is 4.37. The highest BCUT2D eigenvalue weighted by Crippen LogP contribution is 2.30. The van der Waals surface area contributed by atoms with E-state index in [9.17, 15) is 0 Å². The minimum atomic E-state index is 0.603. The number of para-hydroxylation sites is 1. The molecule has 0 bridgehead atoms. The number of rotatable bonds is 4. The number of aromatic nitrogens is 2. The minimum absolute atomic E-state index is 0.603. The third-order valence-electron chi connectivity index (χ3n) is 4.37. The van der Waals surface area contributed by atoms with Gasteiger partial charge in [-0.15, -0.1) is 0 Å². The molecule has 1 aromatic heterocycles. The molecule has 1 fully saturated rings. The molecule has 1 heterocycles. The van der Waals surface area contributed by atoms with E-state index in [4.69, 9.17) is 4.98 Å². The fourth-order valence-electron chi connectivity index (χ4n) is 3.21. The van der Waals surface area contributed by atoms with Crippen molar-refractivity contribution in [3.8, 4) is 0 Å². The molecule has 1 aliphatic rings. The van der Waals surface area contributed by atoms with Gasteiger partial charge in [0.15, 0.2) is 0 Å². The first kappa shape index (κ1) is 14.1. The standard InChI is InChI=1S/C17H24N4/c1-3-18-17-19-15-12-8-7-11-14(15)16(20-17)21(2)13-9-5-4-6-10-13/h7-8,11-13H,3-6,9-10H2,1-2H3,(H,18,19,20). The molecule has 0 spiro atoms. The second-order valence-corrected chi connectivity index (χ2v) is 5.82. The van der Waals surface area contributed by atoms with E-state index >= 15 is 0 Å². The van der Waals surface area contributed by atoms with Crippen molar-refractivity contribution in [2.75, 3.05) is 23.8 Å². The zero-order valence-corrected chi connectivity index (χ0v) is 13.0. The highest BCUT2D eigenvalue weighted by Gasteiger charge is 2.21. The third kappa shape index (κ3) is 2.94. The summed E-state index contributed by atoms with van der Waals surface area (Å²) in [5.74, 6) is 1.79. The SMILES string of the molecule is CCNc1nc(N(C)C2CCCCC2)c2ccccc2n1. The van der Waals surface area contributed by atoms with Crippen LogP contribution < -0.4 is 10.2 Å². The van der Waals surface area contributed by atoms with Gasteiger partial charge in [0, 0.05) is 25.0 Å². The smallest absolute Gasteiger partial charge is 0.225 e. The van der Waals surface area contributed by atoms with Crippen LogP contribution >= 0.6 is 0 Å². The molecule has 112 valence electrons. The molecule has 0 aliphatic heterocycles. The van der Waals surface area contributed by atoms with Crippen molar-refractivity contribution in [3.63, 3.8) is 0 Å². The number of nitrogens with one attached hydrogen (secondary N) is 1. The molecule has 0 saturated heterocycles. The zero-order valence-electron chi connectivity index (χ0n) is 13.0. The molecule has 4 nitrogen and oxygen atoms in total. The van der Waals surface area contributed by atoms with Crippen molar-refractivity contribution in [1.82, 2.24) is 9.97 Å². The molecule has 1 aliphatic carbocycles. The summed E-state index contributed by atoms with van der Waals surface area (Å²) < 4.78 is 0. The fraction of sp³-hybridized carbons (Fsp3) is 0.529. The molecule has 0 atom stereocenters. The summed E-state index contributed by atoms with van der Waals surface area (Å²) in [5.41, 5.74) is 1.01. The van der Waals surface area contributed by atoms with Gasteiger partial charge in [-0.1, -0.05) is 31.4 Å². The van der Waals surface area contributed by atoms with Crippen LogP contribution in [0, 0.1) is 0 Å². The Bertz CT molecular complexity index is 605. The van der Waals surface area contributed by atoms with Crippen LogP contribution in [-0.2, 0) is 0 Å². The fourth-order valence-corrected chi connectivity index (χ4v) is 3.21. The minimum Gasteiger partial charge on any atom is -0.356 e. The normalized spacial score (nSPS) is 16.1. The van der Waals surface area contributed by atoms with Crippen molar-refractivity contribution >= 4 is 22.7 Å². The second kappa shape index (κ2) is 6.29. The van der Waals surface area contributed by atoms with E-state index in [2.05, 4.69) is 47.4 Å². The Morgan fingerprint density at radius 1 is 1.14 bits per heavy atom. The summed E-state index contributed by atoms with van der Waals surface area (Å²) in [5, 5.41) is 4.39. The Morgan fingerprint density at radius 2 is 1.90 bits per heavy atom. The summed E-state index contributed by atoms with van der Waals surface area (Å²) in [6.45, 7) is 2.91. The van der Waals surface area contributed by atoms with E-state index in [0.717, 1.165) is 29.2 Å². The van der Waals surface area contributed by atoms with Gasteiger partial charge in [0.2, 0.25) is 5.95 Å². The quantitative estimate of drug-likeness (QED) is 0.926. The maximum Gasteiger partial charge on any atom is 0.225 e. The van der Waals surface area contributed by atoms with Gasteiger partial charge in [-0.25, -0.2) is 4.98 Å². The number of nitrogens with zero attached hydrogens (tertiary/aromatic N) is 3. The van der Waals surface area contributed by atoms with Gasteiger partial charge >= 0.3 is 0 Å². The molecule has 1 aromatic carbocycles. The van der Waals surface area contributed by atoms with Crippen LogP contribution in [0.5, 0.6) is 0 Å². The van der Waals surface area contributed by atoms with Gasteiger partial charge in [-0.2, -0.15) is 4.98 Å². The Labute approximate surface area is 126 Å². The van der Waals surface area contributed by atoms with E-state index in [1.807, 2.05) is 6.07 Å². The average Bonchev–Trinajstić information content (AvgIpc) is 2.54. The molecule has 21 heavy (non-hydrogen) atoms. The topological polar surface area (TPSA) is 41.1 Å². The van der Waals surface area contributed by atoms with E-state index in [1.165, 1.54) is 32.1 Å². The lowest BCUT2D eigenvalue weighted by molar-refractivity contribution is 0.426. The van der Waals surface area contributed by atoms with Gasteiger partial charge < -0.3 is 10.2 Å². The molecule has 1 N–H and O–H groups in total. The molecule has 2 aromatic rings. The van der Waals surface area contributed by atoms with Crippen molar-refractivity contribution < 1.29 is 0 Å². The Kier molecular flexibility index (Phi) is 4.23. The van der Waals surface area contributed by atoms with Crippen molar-refractivity contribution in [3.05, 3.63) is 24.3 Å². The Balaban J connectivity index is 2.01. The van der Waals surface area contributed by atoms with Gasteiger partial charge in [0.05, 0.1) is 5.52 Å². The van der Waals surface area contributed by atoms with Crippen LogP contribution in [0.15, 0.2) is 24.3 Å². The number of anilines is 2. The molecule has 3 rings (SSSR count). The molecular weight excluding hydrogens is 260 g/mol. The van der Waals surface area contributed by atoms with E-state index in [0.29, 0.717) is 6.04 Å². The predicted octanol–water partition coefficient (Wildman–Crippen LogP) is 3.83. The molecule has 0 amide bonds. The van der Waals surface area contributed by atoms with Crippen LogP contribution in [0.4, 0.5) is 11.8 Å². The predicted molar refractivity (Wildman–Crippen MR) is 89.0 cm³/mol. The van der Waals surface area contributed by atoms with E-state index in [-0.39, 0.29) is 0 Å². The van der Waals surface area contributed by atoms with Gasteiger partial charge in [-0.05, 0) is 31.9 Å². The monoisotopic (exact) mass is 284 g/mol. The van der Waals surface area contributed by atoms with E-state index < -0.39 is 0 Å². The lowest BCUT2D eigenvalue weighted by atomic mass is 9.94. The molecule has 0 radical (unpaired) electrons. The molecule has 1 saturated carbocycles.